The Morgan fingerprint density at radius 1 is 1.19 bits per heavy atom. The maximum Gasteiger partial charge on any atom is 0.342 e. The quantitative estimate of drug-likeness (QED) is 0.776. The van der Waals surface area contributed by atoms with Gasteiger partial charge in [0.1, 0.15) is 6.34 Å². The van der Waals surface area contributed by atoms with Crippen molar-refractivity contribution >= 4 is 35.4 Å². The zero-order valence-electron chi connectivity index (χ0n) is 14.5. The number of carbonyl (C=O) groups excluding carboxylic acids is 1. The lowest BCUT2D eigenvalue weighted by molar-refractivity contribution is 0.161. The number of urea groups is 1. The summed E-state index contributed by atoms with van der Waals surface area (Å²) in [6.07, 6.45) is 1.38. The SMILES string of the molecule is CN(C)C(=O)N1N=CN2c3ccc(Cl)cc3C(c3ccccc3)=NCC12. The molecule has 0 aliphatic carbocycles. The predicted molar refractivity (Wildman–Crippen MR) is 104 cm³/mol. The molecule has 2 aromatic carbocycles. The number of carbonyl (C=O) groups is 1. The van der Waals surface area contributed by atoms with E-state index in [1.54, 1.807) is 20.4 Å². The van der Waals surface area contributed by atoms with Gasteiger partial charge in [-0.2, -0.15) is 10.1 Å². The minimum absolute atomic E-state index is 0.178. The number of hydrogen-bond acceptors (Lipinski definition) is 4. The summed E-state index contributed by atoms with van der Waals surface area (Å²) in [6, 6.07) is 15.5. The molecular weight excluding hydrogens is 350 g/mol. The van der Waals surface area contributed by atoms with Crippen molar-refractivity contribution in [1.82, 2.24) is 9.91 Å². The highest BCUT2D eigenvalue weighted by Crippen LogP contribution is 2.33. The van der Waals surface area contributed by atoms with E-state index >= 15 is 0 Å². The number of anilines is 1. The fraction of sp³-hybridized carbons (Fsp3) is 0.211. The first-order valence-electron chi connectivity index (χ1n) is 8.29. The van der Waals surface area contributed by atoms with Crippen LogP contribution in [0.1, 0.15) is 11.1 Å². The molecule has 0 spiro atoms. The molecule has 2 aliphatic heterocycles. The van der Waals surface area contributed by atoms with Crippen molar-refractivity contribution in [3.05, 3.63) is 64.7 Å². The van der Waals surface area contributed by atoms with Gasteiger partial charge in [-0.15, -0.1) is 0 Å². The molecule has 6 nitrogen and oxygen atoms in total. The van der Waals surface area contributed by atoms with E-state index in [0.29, 0.717) is 11.6 Å². The van der Waals surface area contributed by atoms with Gasteiger partial charge < -0.3 is 9.80 Å². The summed E-state index contributed by atoms with van der Waals surface area (Å²) in [7, 11) is 3.42. The minimum atomic E-state index is -0.300. The average molecular weight is 368 g/mol. The maximum atomic E-state index is 12.5. The van der Waals surface area contributed by atoms with E-state index in [2.05, 4.69) is 5.10 Å². The lowest BCUT2D eigenvalue weighted by Crippen LogP contribution is -2.47. The van der Waals surface area contributed by atoms with Gasteiger partial charge in [0.05, 0.1) is 17.9 Å². The summed E-state index contributed by atoms with van der Waals surface area (Å²) < 4.78 is 0. The van der Waals surface area contributed by atoms with E-state index in [9.17, 15) is 4.79 Å². The molecule has 0 saturated heterocycles. The Morgan fingerprint density at radius 3 is 2.69 bits per heavy atom. The largest absolute Gasteiger partial charge is 0.342 e. The highest BCUT2D eigenvalue weighted by atomic mass is 35.5. The second kappa shape index (κ2) is 6.46. The van der Waals surface area contributed by atoms with E-state index < -0.39 is 0 Å². The number of rotatable bonds is 1. The topological polar surface area (TPSA) is 51.5 Å². The van der Waals surface area contributed by atoms with Gasteiger partial charge in [-0.05, 0) is 18.2 Å². The number of fused-ring (bicyclic) bond motifs is 3. The molecular formula is C19H18ClN5O. The van der Waals surface area contributed by atoms with Crippen molar-refractivity contribution in [2.24, 2.45) is 10.1 Å². The number of halogens is 1. The third-order valence-electron chi connectivity index (χ3n) is 4.43. The van der Waals surface area contributed by atoms with E-state index in [1.165, 1.54) is 9.91 Å². The zero-order chi connectivity index (χ0) is 18.3. The Balaban J connectivity index is 1.83. The number of hydrazone groups is 1. The smallest absolute Gasteiger partial charge is 0.329 e. The van der Waals surface area contributed by atoms with Crippen molar-refractivity contribution in [2.75, 3.05) is 25.5 Å². The molecule has 4 rings (SSSR count). The standard InChI is InChI=1S/C19H18ClN5O/c1-23(2)19(26)25-17-11-21-18(13-6-4-3-5-7-13)15-10-14(20)8-9-16(15)24(17)12-22-25/h3-10,12,17H,11H2,1-2H3. The van der Waals surface area contributed by atoms with Crippen LogP contribution in [-0.4, -0.2) is 54.8 Å². The molecule has 1 atom stereocenters. The minimum Gasteiger partial charge on any atom is -0.329 e. The van der Waals surface area contributed by atoms with Gasteiger partial charge in [0, 0.05) is 30.2 Å². The van der Waals surface area contributed by atoms with Crippen molar-refractivity contribution in [2.45, 2.75) is 6.17 Å². The maximum absolute atomic E-state index is 12.5. The average Bonchev–Trinajstić information content (AvgIpc) is 2.99. The van der Waals surface area contributed by atoms with Gasteiger partial charge in [0.25, 0.3) is 0 Å². The Labute approximate surface area is 157 Å². The first kappa shape index (κ1) is 16.6. The van der Waals surface area contributed by atoms with Gasteiger partial charge in [0.15, 0.2) is 6.17 Å². The van der Waals surface area contributed by atoms with Crippen LogP contribution >= 0.6 is 11.6 Å². The van der Waals surface area contributed by atoms with Crippen LogP contribution in [0.4, 0.5) is 10.5 Å². The highest BCUT2D eigenvalue weighted by molar-refractivity contribution is 6.31. The molecule has 0 saturated carbocycles. The van der Waals surface area contributed by atoms with Crippen molar-refractivity contribution in [1.29, 1.82) is 0 Å². The molecule has 0 radical (unpaired) electrons. The van der Waals surface area contributed by atoms with Crippen LogP contribution in [0.2, 0.25) is 5.02 Å². The van der Waals surface area contributed by atoms with Crippen molar-refractivity contribution in [3.63, 3.8) is 0 Å². The zero-order valence-corrected chi connectivity index (χ0v) is 15.3. The van der Waals surface area contributed by atoms with Gasteiger partial charge in [-0.1, -0.05) is 41.9 Å². The summed E-state index contributed by atoms with van der Waals surface area (Å²) in [6.45, 7) is 0.413. The molecule has 0 fully saturated rings. The number of hydrogen-bond donors (Lipinski definition) is 0. The summed E-state index contributed by atoms with van der Waals surface area (Å²) in [5.41, 5.74) is 3.73. The third-order valence-corrected chi connectivity index (χ3v) is 4.67. The lowest BCUT2D eigenvalue weighted by atomic mass is 10.0. The Hall–Kier alpha value is -2.86. The number of aliphatic imine (C=N–C) groups is 1. The van der Waals surface area contributed by atoms with Crippen LogP contribution in [0, 0.1) is 0 Å². The molecule has 0 N–H and O–H groups in total. The molecule has 2 amide bonds. The molecule has 2 heterocycles. The fourth-order valence-corrected chi connectivity index (χ4v) is 3.35. The predicted octanol–water partition coefficient (Wildman–Crippen LogP) is 3.26. The summed E-state index contributed by atoms with van der Waals surface area (Å²) in [4.78, 5) is 20.8. The molecule has 132 valence electrons. The molecule has 2 aliphatic rings. The van der Waals surface area contributed by atoms with Gasteiger partial charge in [-0.3, -0.25) is 4.99 Å². The van der Waals surface area contributed by atoms with Crippen LogP contribution in [0.15, 0.2) is 58.6 Å². The number of benzene rings is 2. The number of nitrogens with zero attached hydrogens (tertiary/aromatic N) is 5. The molecule has 1 unspecified atom stereocenters. The lowest BCUT2D eigenvalue weighted by Gasteiger charge is -2.29. The van der Waals surface area contributed by atoms with Crippen LogP contribution in [0.25, 0.3) is 0 Å². The van der Waals surface area contributed by atoms with Crippen molar-refractivity contribution in [3.8, 4) is 0 Å². The molecule has 26 heavy (non-hydrogen) atoms. The Bertz CT molecular complexity index is 909. The van der Waals surface area contributed by atoms with Crippen LogP contribution < -0.4 is 4.90 Å². The first-order valence-corrected chi connectivity index (χ1v) is 8.67. The summed E-state index contributed by atoms with van der Waals surface area (Å²) in [5.74, 6) is 0. The van der Waals surface area contributed by atoms with E-state index in [-0.39, 0.29) is 12.2 Å². The van der Waals surface area contributed by atoms with Gasteiger partial charge >= 0.3 is 6.03 Å². The summed E-state index contributed by atoms with van der Waals surface area (Å²) in [5, 5.41) is 6.41. The number of amides is 2. The van der Waals surface area contributed by atoms with Crippen LogP contribution in [0.3, 0.4) is 0 Å². The van der Waals surface area contributed by atoms with E-state index in [4.69, 9.17) is 16.6 Å². The molecule has 0 aromatic heterocycles. The molecule has 0 bridgehead atoms. The molecule has 2 aromatic rings. The second-order valence-corrected chi connectivity index (χ2v) is 6.79. The van der Waals surface area contributed by atoms with E-state index in [1.807, 2.05) is 53.4 Å². The second-order valence-electron chi connectivity index (χ2n) is 6.36. The van der Waals surface area contributed by atoms with E-state index in [0.717, 1.165) is 22.5 Å². The van der Waals surface area contributed by atoms with Gasteiger partial charge in [0.2, 0.25) is 0 Å². The highest BCUT2D eigenvalue weighted by Gasteiger charge is 2.37. The first-order chi connectivity index (χ1) is 12.6. The Kier molecular flexibility index (Phi) is 4.12. The normalized spacial score (nSPS) is 18.1. The van der Waals surface area contributed by atoms with Crippen molar-refractivity contribution < 1.29 is 4.79 Å². The fourth-order valence-electron chi connectivity index (χ4n) is 3.18. The Morgan fingerprint density at radius 2 is 1.96 bits per heavy atom. The van der Waals surface area contributed by atoms with Crippen LogP contribution in [-0.2, 0) is 0 Å². The third kappa shape index (κ3) is 2.72. The van der Waals surface area contributed by atoms with Crippen LogP contribution in [0.5, 0.6) is 0 Å². The monoisotopic (exact) mass is 367 g/mol. The molecule has 7 heteroatoms. The van der Waals surface area contributed by atoms with Gasteiger partial charge in [-0.25, -0.2) is 4.79 Å². The summed E-state index contributed by atoms with van der Waals surface area (Å²) >= 11 is 6.27.